The number of anilines is 1. The molecule has 0 bridgehead atoms. The van der Waals surface area contributed by atoms with Crippen LogP contribution in [0.25, 0.3) is 0 Å². The number of alkyl halides is 3. The lowest BCUT2D eigenvalue weighted by molar-refractivity contribution is -0.384. The fourth-order valence-corrected chi connectivity index (χ4v) is 1.80. The number of halogens is 3. The molecule has 1 rings (SSSR count). The van der Waals surface area contributed by atoms with Crippen molar-refractivity contribution in [3.8, 4) is 0 Å². The second-order valence-corrected chi connectivity index (χ2v) is 5.09. The normalized spacial score (nSPS) is 15.7. The number of nitrogens with zero attached hydrogens (tertiary/aromatic N) is 2. The summed E-state index contributed by atoms with van der Waals surface area (Å²) in [6, 6.07) is 1.25. The van der Waals surface area contributed by atoms with Crippen LogP contribution in [0.1, 0.15) is 5.56 Å². The Bertz CT molecular complexity index is 740. The first-order valence-corrected chi connectivity index (χ1v) is 6.97. The van der Waals surface area contributed by atoms with Gasteiger partial charge < -0.3 is 25.5 Å². The van der Waals surface area contributed by atoms with Crippen LogP contribution in [0, 0.1) is 10.1 Å². The summed E-state index contributed by atoms with van der Waals surface area (Å²) in [7, 11) is 0. The minimum absolute atomic E-state index is 0.298. The van der Waals surface area contributed by atoms with E-state index >= 15 is 0 Å². The summed E-state index contributed by atoms with van der Waals surface area (Å²) in [4.78, 5) is 21.0. The monoisotopic (exact) mass is 397 g/mol. The summed E-state index contributed by atoms with van der Waals surface area (Å²) >= 11 is 0. The van der Waals surface area contributed by atoms with Crippen LogP contribution < -0.4 is 5.43 Å². The highest BCUT2D eigenvalue weighted by molar-refractivity contribution is 6.37. The number of aliphatic carboxylic acids is 1. The van der Waals surface area contributed by atoms with E-state index in [1.165, 1.54) is 0 Å². The third-order valence-corrected chi connectivity index (χ3v) is 3.22. The standard InChI is InChI=1S/C13H14F3N3O8/c14-13(15,16)5-1-2-7(19(26)27)6(3-5)17-18-9(12(24)25)11(23)10(22)8(21)4-20/h1-3,8,10-11,17,20-23H,4H2,(H,24,25)/b18-9+/t8-,10+,11-/m0/s1. The van der Waals surface area contributed by atoms with Crippen molar-refractivity contribution in [3.63, 3.8) is 0 Å². The van der Waals surface area contributed by atoms with Crippen LogP contribution in [-0.2, 0) is 11.0 Å². The molecule has 14 heteroatoms. The number of aliphatic hydroxyl groups excluding tert-OH is 4. The van der Waals surface area contributed by atoms with Gasteiger partial charge in [-0.25, -0.2) is 4.79 Å². The van der Waals surface area contributed by atoms with E-state index in [-0.39, 0.29) is 0 Å². The minimum atomic E-state index is -4.86. The van der Waals surface area contributed by atoms with Gasteiger partial charge in [0.25, 0.3) is 5.69 Å². The second kappa shape index (κ2) is 8.72. The van der Waals surface area contributed by atoms with Gasteiger partial charge in [-0.2, -0.15) is 18.3 Å². The van der Waals surface area contributed by atoms with Crippen LogP contribution in [0.3, 0.4) is 0 Å². The maximum absolute atomic E-state index is 12.7. The summed E-state index contributed by atoms with van der Waals surface area (Å²) in [5.74, 6) is -1.95. The maximum atomic E-state index is 12.7. The molecule has 11 nitrogen and oxygen atoms in total. The predicted octanol–water partition coefficient (Wildman–Crippen LogP) is -0.459. The lowest BCUT2D eigenvalue weighted by atomic mass is 10.0. The summed E-state index contributed by atoms with van der Waals surface area (Å²) in [5.41, 5.74) is -2.55. The zero-order valence-electron chi connectivity index (χ0n) is 13.2. The van der Waals surface area contributed by atoms with Gasteiger partial charge in [-0.1, -0.05) is 0 Å². The quantitative estimate of drug-likeness (QED) is 0.192. The van der Waals surface area contributed by atoms with E-state index in [9.17, 15) is 43.4 Å². The van der Waals surface area contributed by atoms with Gasteiger partial charge in [0.05, 0.1) is 17.1 Å². The topological polar surface area (TPSA) is 186 Å². The zero-order chi connectivity index (χ0) is 20.9. The van der Waals surface area contributed by atoms with Gasteiger partial charge in [0, 0.05) is 6.07 Å². The molecule has 0 saturated heterocycles. The number of carbonyl (C=O) groups is 1. The summed E-state index contributed by atoms with van der Waals surface area (Å²) in [5, 5.41) is 60.1. The molecular weight excluding hydrogens is 383 g/mol. The smallest absolute Gasteiger partial charge is 0.416 e. The Kier molecular flexibility index (Phi) is 7.18. The van der Waals surface area contributed by atoms with Crippen LogP contribution in [0.4, 0.5) is 24.5 Å². The van der Waals surface area contributed by atoms with Gasteiger partial charge in [-0.05, 0) is 12.1 Å². The third-order valence-electron chi connectivity index (χ3n) is 3.22. The molecular formula is C13H14F3N3O8. The Balaban J connectivity index is 3.29. The van der Waals surface area contributed by atoms with Crippen molar-refractivity contribution in [1.82, 2.24) is 0 Å². The number of carboxylic acid groups (broad SMARTS) is 1. The van der Waals surface area contributed by atoms with E-state index < -0.39 is 64.6 Å². The van der Waals surface area contributed by atoms with Gasteiger partial charge in [0.2, 0.25) is 0 Å². The SMILES string of the molecule is O=C(O)/C(=N/Nc1cc(C(F)(F)F)ccc1[N+](=O)[O-])[C@H](O)[C@H](O)[C@@H](O)CO. The van der Waals surface area contributed by atoms with Gasteiger partial charge in [0.1, 0.15) is 24.0 Å². The number of hydrogen-bond donors (Lipinski definition) is 6. The third kappa shape index (κ3) is 5.58. The van der Waals surface area contributed by atoms with E-state index in [1.54, 1.807) is 5.43 Å². The average molecular weight is 397 g/mol. The zero-order valence-corrected chi connectivity index (χ0v) is 13.2. The molecule has 27 heavy (non-hydrogen) atoms. The number of benzene rings is 1. The first-order valence-electron chi connectivity index (χ1n) is 6.97. The Morgan fingerprint density at radius 2 is 1.89 bits per heavy atom. The molecule has 0 amide bonds. The van der Waals surface area contributed by atoms with E-state index in [1.807, 2.05) is 0 Å². The molecule has 0 aromatic heterocycles. The Hall–Kier alpha value is -2.81. The van der Waals surface area contributed by atoms with Gasteiger partial charge in [-0.3, -0.25) is 15.5 Å². The molecule has 1 aromatic rings. The molecule has 1 aromatic carbocycles. The van der Waals surface area contributed by atoms with Crippen LogP contribution in [0.15, 0.2) is 23.3 Å². The van der Waals surface area contributed by atoms with Gasteiger partial charge >= 0.3 is 12.1 Å². The highest BCUT2D eigenvalue weighted by atomic mass is 19.4. The number of rotatable bonds is 8. The lowest BCUT2D eigenvalue weighted by Gasteiger charge is -2.21. The van der Waals surface area contributed by atoms with Crippen molar-refractivity contribution in [2.75, 3.05) is 12.0 Å². The Morgan fingerprint density at radius 3 is 2.33 bits per heavy atom. The van der Waals surface area contributed by atoms with E-state index in [4.69, 9.17) is 10.2 Å². The van der Waals surface area contributed by atoms with Crippen molar-refractivity contribution in [1.29, 1.82) is 0 Å². The van der Waals surface area contributed by atoms with Crippen LogP contribution in [-0.4, -0.2) is 67.1 Å². The van der Waals surface area contributed by atoms with Gasteiger partial charge in [0.15, 0.2) is 5.71 Å². The average Bonchev–Trinajstić information content (AvgIpc) is 2.58. The molecule has 0 spiro atoms. The second-order valence-electron chi connectivity index (χ2n) is 5.09. The number of carboxylic acids is 1. The molecule has 0 aliphatic heterocycles. The fraction of sp³-hybridized carbons (Fsp3) is 0.385. The van der Waals surface area contributed by atoms with Crippen molar-refractivity contribution in [3.05, 3.63) is 33.9 Å². The first-order chi connectivity index (χ1) is 12.4. The molecule has 0 heterocycles. The molecule has 0 radical (unpaired) electrons. The van der Waals surface area contributed by atoms with E-state index in [0.717, 1.165) is 0 Å². The van der Waals surface area contributed by atoms with Crippen molar-refractivity contribution >= 4 is 23.1 Å². The summed E-state index contributed by atoms with van der Waals surface area (Å²) in [6.07, 6.45) is -11.4. The number of nitrogens with one attached hydrogen (secondary N) is 1. The van der Waals surface area contributed by atoms with Crippen LogP contribution >= 0.6 is 0 Å². The molecule has 6 N–H and O–H groups in total. The molecule has 0 aliphatic carbocycles. The van der Waals surface area contributed by atoms with E-state index in [2.05, 4.69) is 5.10 Å². The molecule has 0 aliphatic rings. The number of hydrogen-bond acceptors (Lipinski definition) is 9. The lowest BCUT2D eigenvalue weighted by Crippen LogP contribution is -2.46. The molecule has 0 unspecified atom stereocenters. The number of nitro groups is 1. The van der Waals surface area contributed by atoms with E-state index in [0.29, 0.717) is 18.2 Å². The molecule has 150 valence electrons. The molecule has 0 fully saturated rings. The number of hydrazone groups is 1. The van der Waals surface area contributed by atoms with Crippen molar-refractivity contribution in [2.45, 2.75) is 24.5 Å². The predicted molar refractivity (Wildman–Crippen MR) is 81.9 cm³/mol. The van der Waals surface area contributed by atoms with Crippen molar-refractivity contribution in [2.24, 2.45) is 5.10 Å². The Labute approximate surface area is 148 Å². The highest BCUT2D eigenvalue weighted by Gasteiger charge is 2.34. The summed E-state index contributed by atoms with van der Waals surface area (Å²) in [6.45, 7) is -1.04. The molecule has 0 saturated carbocycles. The van der Waals surface area contributed by atoms with Crippen LogP contribution in [0.5, 0.6) is 0 Å². The number of aliphatic hydroxyl groups is 4. The fourth-order valence-electron chi connectivity index (χ4n) is 1.80. The largest absolute Gasteiger partial charge is 0.477 e. The minimum Gasteiger partial charge on any atom is -0.477 e. The first kappa shape index (κ1) is 22.2. The highest BCUT2D eigenvalue weighted by Crippen LogP contribution is 2.34. The molecule has 3 atom stereocenters. The maximum Gasteiger partial charge on any atom is 0.416 e. The number of nitro benzene ring substituents is 1. The van der Waals surface area contributed by atoms with Gasteiger partial charge in [-0.15, -0.1) is 0 Å². The summed E-state index contributed by atoms with van der Waals surface area (Å²) < 4.78 is 38.2. The Morgan fingerprint density at radius 1 is 1.30 bits per heavy atom. The van der Waals surface area contributed by atoms with Crippen LogP contribution in [0.2, 0.25) is 0 Å². The van der Waals surface area contributed by atoms with Crippen molar-refractivity contribution < 1.29 is 48.4 Å².